The Hall–Kier alpha value is 3.34. The number of hydrogen-bond donors (Lipinski definition) is 0. The van der Waals surface area contributed by atoms with Crippen LogP contribution in [-0.2, 0) is 25.0 Å². The smallest absolute Gasteiger partial charge is 1.00 e. The summed E-state index contributed by atoms with van der Waals surface area (Å²) in [7, 11) is 14.0. The normalized spacial score (nSPS) is 11.9. The molecule has 0 aliphatic rings. The first-order chi connectivity index (χ1) is 3.46. The molecule has 1 atom stereocenters. The van der Waals surface area contributed by atoms with Gasteiger partial charge in [0.1, 0.15) is 0 Å². The summed E-state index contributed by atoms with van der Waals surface area (Å²) in [4.78, 5) is 0. The van der Waals surface area contributed by atoms with Gasteiger partial charge in [0.05, 0.1) is 0 Å². The average Bonchev–Trinajstić information content (AvgIpc) is 1.25. The van der Waals surface area contributed by atoms with Gasteiger partial charge in [-0.1, -0.05) is 0 Å². The molecule has 59 valence electrons. The zero-order chi connectivity index (χ0) is 7.15. The van der Waals surface area contributed by atoms with E-state index in [0.29, 0.717) is 0 Å². The summed E-state index contributed by atoms with van der Waals surface area (Å²) >= 11 is -1.85. The van der Waals surface area contributed by atoms with Crippen molar-refractivity contribution in [2.75, 3.05) is 6.26 Å². The first kappa shape index (κ1) is 18.2. The van der Waals surface area contributed by atoms with Gasteiger partial charge in [-0.25, -0.2) is 0 Å². The van der Waals surface area contributed by atoms with Crippen molar-refractivity contribution < 1.29 is 71.2 Å². The maximum Gasteiger partial charge on any atom is 1.00 e. The quantitative estimate of drug-likeness (QED) is 0.377. The van der Waals surface area contributed by atoms with E-state index in [4.69, 9.17) is 28.3 Å². The molecular formula is C2H6Cl3KOPtS-. The zero-order valence-electron chi connectivity index (χ0n) is 5.97. The summed E-state index contributed by atoms with van der Waals surface area (Å²) in [6, 6.07) is 0. The van der Waals surface area contributed by atoms with Crippen molar-refractivity contribution in [3.05, 3.63) is 6.26 Å². The van der Waals surface area contributed by atoms with Crippen LogP contribution in [0.15, 0.2) is 0 Å². The molecule has 0 saturated carbocycles. The molecule has 1 nitrogen and oxygen atoms in total. The summed E-state index contributed by atoms with van der Waals surface area (Å²) in [5.74, 6) is 0. The van der Waals surface area contributed by atoms with Gasteiger partial charge in [-0.15, -0.1) is 10.8 Å². The van der Waals surface area contributed by atoms with Crippen molar-refractivity contribution in [2.45, 2.75) is 0 Å². The van der Waals surface area contributed by atoms with E-state index in [9.17, 15) is 4.21 Å². The van der Waals surface area contributed by atoms with Crippen molar-refractivity contribution in [1.82, 2.24) is 0 Å². The topological polar surface area (TPSA) is 17.1 Å². The van der Waals surface area contributed by atoms with Crippen LogP contribution in [0.5, 0.6) is 0 Å². The van der Waals surface area contributed by atoms with Crippen LogP contribution in [-0.4, -0.2) is 10.5 Å². The molecule has 0 saturated heterocycles. The first-order valence-corrected chi connectivity index (χ1v) is 11.4. The van der Waals surface area contributed by atoms with Crippen LogP contribution < -0.4 is 51.4 Å². The Bertz CT molecular complexity index is 70.8. The van der Waals surface area contributed by atoms with E-state index in [-0.39, 0.29) is 52.8 Å². The van der Waals surface area contributed by atoms with Gasteiger partial charge in [0.15, 0.2) is 0 Å². The van der Waals surface area contributed by atoms with Crippen LogP contribution >= 0.6 is 28.3 Å². The van der Waals surface area contributed by atoms with Gasteiger partial charge < -0.3 is 1.43 Å². The third-order valence-corrected chi connectivity index (χ3v) is 0. The fourth-order valence-electron chi connectivity index (χ4n) is 0. The van der Waals surface area contributed by atoms with Gasteiger partial charge in [0.2, 0.25) is 0 Å². The number of rotatable bonds is 0. The van der Waals surface area contributed by atoms with E-state index in [1.807, 2.05) is 0 Å². The Morgan fingerprint density at radius 1 is 1.56 bits per heavy atom. The van der Waals surface area contributed by atoms with E-state index in [2.05, 4.69) is 6.26 Å². The molecular weight excluding hydrogens is 413 g/mol. The van der Waals surface area contributed by atoms with Gasteiger partial charge in [0, 0.05) is 0 Å². The van der Waals surface area contributed by atoms with Crippen LogP contribution in [0.2, 0.25) is 0 Å². The molecule has 0 radical (unpaired) electrons. The minimum atomic E-state index is -1.85. The summed E-state index contributed by atoms with van der Waals surface area (Å²) in [6.45, 7) is 0. The minimum Gasteiger partial charge on any atom is -1.00 e. The molecule has 0 N–H and O–H groups in total. The molecule has 0 aliphatic carbocycles. The van der Waals surface area contributed by atoms with E-state index in [1.54, 1.807) is 0 Å². The Morgan fingerprint density at radius 3 is 1.56 bits per heavy atom. The predicted octanol–water partition coefficient (Wildman–Crippen LogP) is -0.661. The standard InChI is InChI=1S/C2H5OS.3ClH.K.Pt.H/c1-4(2)3;;;;;;/h1H2,2H3;3*1H;;;/q-1;;;;+1;+3;-1/p-3. The van der Waals surface area contributed by atoms with Crippen LogP contribution in [0.3, 0.4) is 0 Å². The number of halogens is 3. The Labute approximate surface area is 120 Å². The first-order valence-electron chi connectivity index (χ1n) is 1.22. The fourth-order valence-corrected chi connectivity index (χ4v) is 0. The second kappa shape index (κ2) is 13.9. The van der Waals surface area contributed by atoms with Gasteiger partial charge in [-0.2, -0.15) is 0 Å². The van der Waals surface area contributed by atoms with Crippen LogP contribution in [0.1, 0.15) is 1.43 Å². The van der Waals surface area contributed by atoms with Gasteiger partial charge in [-0.05, 0) is 6.26 Å². The van der Waals surface area contributed by atoms with Crippen molar-refractivity contribution in [2.24, 2.45) is 0 Å². The van der Waals surface area contributed by atoms with Crippen molar-refractivity contribution >= 4 is 39.1 Å². The van der Waals surface area contributed by atoms with Crippen LogP contribution in [0.25, 0.3) is 0 Å². The molecule has 0 bridgehead atoms. The molecule has 0 fully saturated rings. The summed E-state index contributed by atoms with van der Waals surface area (Å²) in [6.07, 6.45) is 4.64. The molecule has 0 heterocycles. The van der Waals surface area contributed by atoms with Gasteiger partial charge in [-0.3, -0.25) is 10.5 Å². The minimum absolute atomic E-state index is 0. The van der Waals surface area contributed by atoms with E-state index >= 15 is 0 Å². The molecule has 1 unspecified atom stereocenters. The summed E-state index contributed by atoms with van der Waals surface area (Å²) in [5.41, 5.74) is 0. The molecule has 0 spiro atoms. The van der Waals surface area contributed by atoms with Gasteiger partial charge >= 0.3 is 93.8 Å². The second-order valence-corrected chi connectivity index (χ2v) is 11.7. The maximum absolute atomic E-state index is 9.44. The third-order valence-electron chi connectivity index (χ3n) is 0. The maximum atomic E-state index is 9.44. The largest absolute Gasteiger partial charge is 1.00 e. The monoisotopic (exact) mass is 417 g/mol. The van der Waals surface area contributed by atoms with Crippen molar-refractivity contribution in [3.63, 3.8) is 0 Å². The Kier molecular flexibility index (Phi) is 28.1. The molecule has 0 aliphatic heterocycles. The fraction of sp³-hybridized carbons (Fsp3) is 0.500. The zero-order valence-corrected chi connectivity index (χ0v) is 13.5. The SMILES string of the molecule is [CH2-]S(C)=O.[Cl][Pt]([Cl])[Cl].[H-].[K+]. The number of hydrogen-bond acceptors (Lipinski definition) is 1. The van der Waals surface area contributed by atoms with E-state index < -0.39 is 25.0 Å². The molecule has 0 aromatic carbocycles. The molecule has 9 heavy (non-hydrogen) atoms. The average molecular weight is 419 g/mol. The van der Waals surface area contributed by atoms with Crippen LogP contribution in [0, 0.1) is 6.26 Å². The summed E-state index contributed by atoms with van der Waals surface area (Å²) < 4.78 is 9.44. The molecule has 0 aromatic heterocycles. The summed E-state index contributed by atoms with van der Waals surface area (Å²) in [5, 5.41) is 0. The third kappa shape index (κ3) is 88.6. The predicted molar refractivity (Wildman–Crippen MR) is 38.1 cm³/mol. The van der Waals surface area contributed by atoms with E-state index in [0.717, 1.165) is 0 Å². The van der Waals surface area contributed by atoms with Crippen molar-refractivity contribution in [1.29, 1.82) is 0 Å². The Balaban J connectivity index is -0.0000000300. The van der Waals surface area contributed by atoms with Crippen molar-refractivity contribution in [3.8, 4) is 0 Å². The van der Waals surface area contributed by atoms with E-state index in [1.165, 1.54) is 6.26 Å². The Morgan fingerprint density at radius 2 is 1.56 bits per heavy atom. The molecule has 7 heteroatoms. The molecule has 0 amide bonds. The molecule has 0 aromatic rings. The molecule has 0 rings (SSSR count). The second-order valence-electron chi connectivity index (χ2n) is 0.709. The van der Waals surface area contributed by atoms with Crippen LogP contribution in [0.4, 0.5) is 0 Å². The van der Waals surface area contributed by atoms with Gasteiger partial charge in [0.25, 0.3) is 0 Å².